The van der Waals surface area contributed by atoms with Gasteiger partial charge in [0.2, 0.25) is 0 Å². The molecular formula is C12H14Br2. The predicted octanol–water partition coefficient (Wildman–Crippen LogP) is 4.77. The Morgan fingerprint density at radius 3 is 2.43 bits per heavy atom. The first-order valence-corrected chi connectivity index (χ1v) is 6.68. The van der Waals surface area contributed by atoms with E-state index in [9.17, 15) is 0 Å². The van der Waals surface area contributed by atoms with Gasteiger partial charge in [0.05, 0.1) is 0 Å². The van der Waals surface area contributed by atoms with Crippen molar-refractivity contribution in [3.05, 3.63) is 39.9 Å². The van der Waals surface area contributed by atoms with Gasteiger partial charge in [0.25, 0.3) is 0 Å². The second kappa shape index (κ2) is 6.41. The zero-order valence-electron chi connectivity index (χ0n) is 8.26. The molecule has 0 aliphatic rings. The van der Waals surface area contributed by atoms with Gasteiger partial charge in [-0.15, -0.1) is 0 Å². The second-order valence-corrected chi connectivity index (χ2v) is 4.80. The molecule has 1 aromatic carbocycles. The summed E-state index contributed by atoms with van der Waals surface area (Å²) in [6.07, 6.45) is 4.51. The smallest absolute Gasteiger partial charge is 0.0349 e. The molecule has 76 valence electrons. The van der Waals surface area contributed by atoms with E-state index in [1.54, 1.807) is 0 Å². The van der Waals surface area contributed by atoms with Crippen molar-refractivity contribution in [3.63, 3.8) is 0 Å². The van der Waals surface area contributed by atoms with Crippen LogP contribution in [0.15, 0.2) is 28.7 Å². The van der Waals surface area contributed by atoms with E-state index in [1.807, 2.05) is 0 Å². The maximum absolute atomic E-state index is 3.48. The lowest BCUT2D eigenvalue weighted by Gasteiger charge is -1.99. The number of alkyl halides is 1. The highest BCUT2D eigenvalue weighted by Gasteiger charge is 1.93. The molecule has 0 aliphatic carbocycles. The Balaban J connectivity index is 2.73. The van der Waals surface area contributed by atoms with E-state index in [0.29, 0.717) is 0 Å². The largest absolute Gasteiger partial charge is 0.0870 e. The molecule has 2 heteroatoms. The lowest BCUT2D eigenvalue weighted by Crippen LogP contribution is -1.82. The van der Waals surface area contributed by atoms with E-state index in [2.05, 4.69) is 69.1 Å². The summed E-state index contributed by atoms with van der Waals surface area (Å²) in [5.74, 6) is 0. The summed E-state index contributed by atoms with van der Waals surface area (Å²) in [6, 6.07) is 8.72. The fraction of sp³-hybridized carbons (Fsp3) is 0.333. The molecule has 1 rings (SSSR count). The lowest BCUT2D eigenvalue weighted by atomic mass is 10.1. The summed E-state index contributed by atoms with van der Waals surface area (Å²) < 4.78 is 1.17. The van der Waals surface area contributed by atoms with E-state index >= 15 is 0 Å². The fourth-order valence-electron chi connectivity index (χ4n) is 1.29. The summed E-state index contributed by atoms with van der Waals surface area (Å²) in [7, 11) is 0. The van der Waals surface area contributed by atoms with Crippen LogP contribution in [0.1, 0.15) is 24.5 Å². The van der Waals surface area contributed by atoms with Gasteiger partial charge in [0, 0.05) is 9.81 Å². The summed E-state index contributed by atoms with van der Waals surface area (Å²) in [5, 5.41) is 0.865. The zero-order valence-corrected chi connectivity index (χ0v) is 11.4. The molecule has 0 saturated carbocycles. The Morgan fingerprint density at radius 2 is 1.93 bits per heavy atom. The highest BCUT2D eigenvalue weighted by Crippen LogP contribution is 2.15. The van der Waals surface area contributed by atoms with Crippen LogP contribution in [0.2, 0.25) is 0 Å². The number of halogens is 2. The van der Waals surface area contributed by atoms with Crippen LogP contribution < -0.4 is 0 Å². The van der Waals surface area contributed by atoms with Gasteiger partial charge >= 0.3 is 0 Å². The van der Waals surface area contributed by atoms with Crippen LogP contribution in [0.25, 0.3) is 6.08 Å². The number of allylic oxidation sites excluding steroid dienone is 1. The van der Waals surface area contributed by atoms with Crippen molar-refractivity contribution in [2.75, 3.05) is 5.33 Å². The predicted molar refractivity (Wildman–Crippen MR) is 71.1 cm³/mol. The van der Waals surface area contributed by atoms with E-state index in [0.717, 1.165) is 5.33 Å². The molecule has 0 saturated heterocycles. The van der Waals surface area contributed by atoms with Crippen LogP contribution in [0, 0.1) is 0 Å². The monoisotopic (exact) mass is 316 g/mol. The molecule has 0 aliphatic heterocycles. The minimum Gasteiger partial charge on any atom is -0.0870 e. The molecule has 0 heterocycles. The third-order valence-electron chi connectivity index (χ3n) is 1.97. The first-order chi connectivity index (χ1) is 6.76. The van der Waals surface area contributed by atoms with Gasteiger partial charge in [-0.3, -0.25) is 0 Å². The number of hydrogen-bond acceptors (Lipinski definition) is 0. The standard InChI is InChI=1S/C12H14Br2/c1-2-3-10-4-6-11(7-5-10)8-12(14)9-13/h4-8H,2-3,9H2,1H3/b12-8-. The molecule has 0 atom stereocenters. The molecule has 0 nitrogen and oxygen atoms in total. The topological polar surface area (TPSA) is 0 Å². The quantitative estimate of drug-likeness (QED) is 0.702. The maximum atomic E-state index is 3.48. The van der Waals surface area contributed by atoms with Gasteiger partial charge in [-0.05, 0) is 23.6 Å². The van der Waals surface area contributed by atoms with Crippen molar-refractivity contribution in [3.8, 4) is 0 Å². The van der Waals surface area contributed by atoms with Gasteiger partial charge in [-0.2, -0.15) is 0 Å². The normalized spacial score (nSPS) is 11.8. The van der Waals surface area contributed by atoms with Crippen LogP contribution in [-0.2, 0) is 6.42 Å². The van der Waals surface area contributed by atoms with Crippen LogP contribution in [0.3, 0.4) is 0 Å². The van der Waals surface area contributed by atoms with E-state index in [1.165, 1.54) is 28.5 Å². The summed E-state index contributed by atoms with van der Waals surface area (Å²) in [6.45, 7) is 2.20. The van der Waals surface area contributed by atoms with Gasteiger partial charge in [0.1, 0.15) is 0 Å². The molecule has 14 heavy (non-hydrogen) atoms. The van der Waals surface area contributed by atoms with E-state index in [4.69, 9.17) is 0 Å². The van der Waals surface area contributed by atoms with Gasteiger partial charge < -0.3 is 0 Å². The Hall–Kier alpha value is -0.0800. The average Bonchev–Trinajstić information content (AvgIpc) is 2.21. The van der Waals surface area contributed by atoms with Crippen molar-refractivity contribution in [1.29, 1.82) is 0 Å². The zero-order chi connectivity index (χ0) is 10.4. The highest BCUT2D eigenvalue weighted by atomic mass is 79.9. The van der Waals surface area contributed by atoms with Crippen LogP contribution in [0.4, 0.5) is 0 Å². The molecule has 0 radical (unpaired) electrons. The molecule has 0 unspecified atom stereocenters. The number of benzene rings is 1. The van der Waals surface area contributed by atoms with E-state index < -0.39 is 0 Å². The second-order valence-electron chi connectivity index (χ2n) is 3.22. The number of rotatable bonds is 4. The first kappa shape index (κ1) is 12.0. The van der Waals surface area contributed by atoms with Crippen LogP contribution >= 0.6 is 31.9 Å². The van der Waals surface area contributed by atoms with Crippen LogP contribution in [0.5, 0.6) is 0 Å². The molecule has 1 aromatic rings. The van der Waals surface area contributed by atoms with Crippen molar-refractivity contribution in [1.82, 2.24) is 0 Å². The molecule has 0 amide bonds. The molecule has 0 spiro atoms. The Bertz CT molecular complexity index is 299. The first-order valence-electron chi connectivity index (χ1n) is 4.77. The Labute approximate surface area is 103 Å². The van der Waals surface area contributed by atoms with Gasteiger partial charge in [-0.1, -0.05) is 69.5 Å². The third kappa shape index (κ3) is 3.97. The maximum Gasteiger partial charge on any atom is 0.0349 e. The van der Waals surface area contributed by atoms with E-state index in [-0.39, 0.29) is 0 Å². The SMILES string of the molecule is CCCc1ccc(/C=C(\Br)CBr)cc1. The van der Waals surface area contributed by atoms with Crippen molar-refractivity contribution < 1.29 is 0 Å². The molecule has 0 N–H and O–H groups in total. The minimum absolute atomic E-state index is 0.865. The fourth-order valence-corrected chi connectivity index (χ4v) is 1.71. The highest BCUT2D eigenvalue weighted by molar-refractivity contribution is 9.13. The third-order valence-corrected chi connectivity index (χ3v) is 3.84. The number of hydrogen-bond donors (Lipinski definition) is 0. The Kier molecular flexibility index (Phi) is 5.49. The lowest BCUT2D eigenvalue weighted by molar-refractivity contribution is 0.922. The van der Waals surface area contributed by atoms with Gasteiger partial charge in [0.15, 0.2) is 0 Å². The summed E-state index contributed by atoms with van der Waals surface area (Å²) in [4.78, 5) is 0. The summed E-state index contributed by atoms with van der Waals surface area (Å²) in [5.41, 5.74) is 2.66. The molecule has 0 fully saturated rings. The molecule has 0 aromatic heterocycles. The average molecular weight is 318 g/mol. The Morgan fingerprint density at radius 1 is 1.29 bits per heavy atom. The van der Waals surface area contributed by atoms with Crippen molar-refractivity contribution in [2.45, 2.75) is 19.8 Å². The summed E-state index contributed by atoms with van der Waals surface area (Å²) >= 11 is 6.87. The number of aryl methyl sites for hydroxylation is 1. The minimum atomic E-state index is 0.865. The van der Waals surface area contributed by atoms with Crippen molar-refractivity contribution >= 4 is 37.9 Å². The van der Waals surface area contributed by atoms with Crippen molar-refractivity contribution in [2.24, 2.45) is 0 Å². The molecule has 0 bridgehead atoms. The van der Waals surface area contributed by atoms with Gasteiger partial charge in [-0.25, -0.2) is 0 Å². The van der Waals surface area contributed by atoms with Crippen LogP contribution in [-0.4, -0.2) is 5.33 Å². The molecular weight excluding hydrogens is 304 g/mol.